The SMILES string of the molecule is CO[C@@H]1CN(CC(=O)N2CCCc3ccccc32)C[C@H]1c1cn(C)nn1. The van der Waals surface area contributed by atoms with E-state index in [0.29, 0.717) is 6.54 Å². The number of aromatic nitrogens is 3. The minimum Gasteiger partial charge on any atom is -0.379 e. The molecule has 0 radical (unpaired) electrons. The van der Waals surface area contributed by atoms with Crippen LogP contribution in [0, 0.1) is 0 Å². The van der Waals surface area contributed by atoms with E-state index < -0.39 is 0 Å². The Kier molecular flexibility index (Phi) is 4.74. The monoisotopic (exact) mass is 355 g/mol. The van der Waals surface area contributed by atoms with E-state index in [4.69, 9.17) is 4.74 Å². The summed E-state index contributed by atoms with van der Waals surface area (Å²) in [6.07, 6.45) is 4.03. The van der Waals surface area contributed by atoms with Crippen LogP contribution >= 0.6 is 0 Å². The second-order valence-corrected chi connectivity index (χ2v) is 7.17. The number of fused-ring (bicyclic) bond motifs is 1. The molecule has 1 aromatic carbocycles. The van der Waals surface area contributed by atoms with Crippen LogP contribution in [0.1, 0.15) is 23.6 Å². The first-order valence-electron chi connectivity index (χ1n) is 9.15. The molecule has 0 N–H and O–H groups in total. The van der Waals surface area contributed by atoms with E-state index in [1.54, 1.807) is 11.8 Å². The first kappa shape index (κ1) is 17.2. The second kappa shape index (κ2) is 7.17. The van der Waals surface area contributed by atoms with Gasteiger partial charge in [-0.05, 0) is 24.5 Å². The highest BCUT2D eigenvalue weighted by atomic mass is 16.5. The van der Waals surface area contributed by atoms with Gasteiger partial charge in [-0.3, -0.25) is 14.4 Å². The summed E-state index contributed by atoms with van der Waals surface area (Å²) < 4.78 is 7.37. The van der Waals surface area contributed by atoms with Gasteiger partial charge in [-0.15, -0.1) is 5.10 Å². The fourth-order valence-electron chi connectivity index (χ4n) is 4.11. The second-order valence-electron chi connectivity index (χ2n) is 7.17. The van der Waals surface area contributed by atoms with Crippen LogP contribution in [-0.2, 0) is 23.0 Å². The molecule has 0 unspecified atom stereocenters. The van der Waals surface area contributed by atoms with Crippen LogP contribution in [0.5, 0.6) is 0 Å². The third-order valence-corrected chi connectivity index (χ3v) is 5.42. The normalized spacial score (nSPS) is 23.2. The van der Waals surface area contributed by atoms with E-state index in [1.165, 1.54) is 5.56 Å². The first-order valence-corrected chi connectivity index (χ1v) is 9.15. The molecule has 2 aliphatic rings. The van der Waals surface area contributed by atoms with Crippen molar-refractivity contribution in [2.45, 2.75) is 24.9 Å². The van der Waals surface area contributed by atoms with Gasteiger partial charge in [0, 0.05) is 51.6 Å². The Morgan fingerprint density at radius 2 is 2.15 bits per heavy atom. The van der Waals surface area contributed by atoms with Crippen molar-refractivity contribution in [2.75, 3.05) is 38.2 Å². The molecule has 26 heavy (non-hydrogen) atoms. The third-order valence-electron chi connectivity index (χ3n) is 5.42. The number of carbonyl (C=O) groups is 1. The molecule has 3 heterocycles. The highest BCUT2D eigenvalue weighted by molar-refractivity contribution is 5.96. The van der Waals surface area contributed by atoms with Crippen molar-refractivity contribution in [3.63, 3.8) is 0 Å². The Hall–Kier alpha value is -2.25. The number of benzene rings is 1. The predicted molar refractivity (Wildman–Crippen MR) is 98.1 cm³/mol. The summed E-state index contributed by atoms with van der Waals surface area (Å²) in [6, 6.07) is 8.22. The topological polar surface area (TPSA) is 63.5 Å². The molecule has 1 aromatic heterocycles. The maximum absolute atomic E-state index is 13.0. The highest BCUT2D eigenvalue weighted by Crippen LogP contribution is 2.30. The standard InChI is InChI=1S/C19H25N5O2/c1-22-11-16(20-21-22)15-10-23(12-18(15)26-2)13-19(25)24-9-5-7-14-6-3-4-8-17(14)24/h3-4,6,8,11,15,18H,5,7,9-10,12-13H2,1-2H3/t15-,18+/m0/s1. The minimum atomic E-state index is 0.0353. The van der Waals surface area contributed by atoms with Gasteiger partial charge in [0.2, 0.25) is 5.91 Å². The molecular weight excluding hydrogens is 330 g/mol. The van der Waals surface area contributed by atoms with E-state index in [2.05, 4.69) is 27.3 Å². The quantitative estimate of drug-likeness (QED) is 0.825. The fourth-order valence-corrected chi connectivity index (χ4v) is 4.11. The average molecular weight is 355 g/mol. The number of likely N-dealkylation sites (tertiary alicyclic amines) is 1. The Bertz CT molecular complexity index is 790. The predicted octanol–water partition coefficient (Wildman–Crippen LogP) is 1.21. The lowest BCUT2D eigenvalue weighted by Gasteiger charge is -2.30. The summed E-state index contributed by atoms with van der Waals surface area (Å²) >= 11 is 0. The van der Waals surface area contributed by atoms with Crippen LogP contribution in [0.4, 0.5) is 5.69 Å². The van der Waals surface area contributed by atoms with E-state index in [9.17, 15) is 4.79 Å². The van der Waals surface area contributed by atoms with Crippen LogP contribution in [0.2, 0.25) is 0 Å². The molecule has 0 spiro atoms. The number of carbonyl (C=O) groups excluding carboxylic acids is 1. The van der Waals surface area contributed by atoms with Gasteiger partial charge in [0.1, 0.15) is 0 Å². The summed E-state index contributed by atoms with van der Waals surface area (Å²) in [5, 5.41) is 8.27. The highest BCUT2D eigenvalue weighted by Gasteiger charge is 2.37. The number of methoxy groups -OCH3 is 1. The molecular formula is C19H25N5O2. The number of amides is 1. The van der Waals surface area contributed by atoms with Crippen molar-refractivity contribution in [3.05, 3.63) is 41.7 Å². The van der Waals surface area contributed by atoms with Gasteiger partial charge >= 0.3 is 0 Å². The van der Waals surface area contributed by atoms with Crippen molar-refractivity contribution in [3.8, 4) is 0 Å². The molecule has 1 saturated heterocycles. The summed E-state index contributed by atoms with van der Waals surface area (Å²) in [7, 11) is 3.59. The van der Waals surface area contributed by atoms with Gasteiger partial charge in [0.05, 0.1) is 18.3 Å². The third kappa shape index (κ3) is 3.24. The molecule has 7 nitrogen and oxygen atoms in total. The smallest absolute Gasteiger partial charge is 0.241 e. The molecule has 0 bridgehead atoms. The zero-order valence-electron chi connectivity index (χ0n) is 15.3. The van der Waals surface area contributed by atoms with Gasteiger partial charge in [-0.25, -0.2) is 0 Å². The molecule has 0 saturated carbocycles. The molecule has 4 rings (SSSR count). The van der Waals surface area contributed by atoms with E-state index >= 15 is 0 Å². The van der Waals surface area contributed by atoms with Crippen molar-refractivity contribution in [2.24, 2.45) is 7.05 Å². The lowest BCUT2D eigenvalue weighted by molar-refractivity contribution is -0.119. The zero-order valence-corrected chi connectivity index (χ0v) is 15.3. The zero-order chi connectivity index (χ0) is 18.1. The number of rotatable bonds is 4. The number of ether oxygens (including phenoxy) is 1. The lowest BCUT2D eigenvalue weighted by atomic mass is 10.0. The summed E-state index contributed by atoms with van der Waals surface area (Å²) in [6.45, 7) is 2.70. The first-order chi connectivity index (χ1) is 12.7. The minimum absolute atomic E-state index is 0.0353. The Morgan fingerprint density at radius 3 is 2.92 bits per heavy atom. The molecule has 2 aromatic rings. The summed E-state index contributed by atoms with van der Waals surface area (Å²) in [5.41, 5.74) is 3.26. The molecule has 1 amide bonds. The van der Waals surface area contributed by atoms with Gasteiger partial charge < -0.3 is 9.64 Å². The fraction of sp³-hybridized carbons (Fsp3) is 0.526. The van der Waals surface area contributed by atoms with Gasteiger partial charge in [-0.1, -0.05) is 23.4 Å². The van der Waals surface area contributed by atoms with Crippen LogP contribution in [0.3, 0.4) is 0 Å². The average Bonchev–Trinajstić information content (AvgIpc) is 3.26. The van der Waals surface area contributed by atoms with Crippen molar-refractivity contribution >= 4 is 11.6 Å². The van der Waals surface area contributed by atoms with Crippen LogP contribution in [0.15, 0.2) is 30.5 Å². The van der Waals surface area contributed by atoms with E-state index in [0.717, 1.165) is 43.9 Å². The Balaban J connectivity index is 1.46. The molecule has 2 atom stereocenters. The van der Waals surface area contributed by atoms with E-state index in [1.807, 2.05) is 30.3 Å². The molecule has 1 fully saturated rings. The molecule has 0 aliphatic carbocycles. The molecule has 138 valence electrons. The number of hydrogen-bond acceptors (Lipinski definition) is 5. The van der Waals surface area contributed by atoms with Crippen LogP contribution < -0.4 is 4.90 Å². The van der Waals surface area contributed by atoms with E-state index in [-0.39, 0.29) is 17.9 Å². The maximum Gasteiger partial charge on any atom is 0.241 e. The van der Waals surface area contributed by atoms with Crippen molar-refractivity contribution in [1.82, 2.24) is 19.9 Å². The maximum atomic E-state index is 13.0. The van der Waals surface area contributed by atoms with Crippen molar-refractivity contribution < 1.29 is 9.53 Å². The van der Waals surface area contributed by atoms with Gasteiger partial charge in [-0.2, -0.15) is 0 Å². The number of hydrogen-bond donors (Lipinski definition) is 0. The number of aryl methyl sites for hydroxylation is 2. The summed E-state index contributed by atoms with van der Waals surface area (Å²) in [5.74, 6) is 0.307. The summed E-state index contributed by atoms with van der Waals surface area (Å²) in [4.78, 5) is 17.1. The number of anilines is 1. The molecule has 7 heteroatoms. The van der Waals surface area contributed by atoms with Crippen molar-refractivity contribution in [1.29, 1.82) is 0 Å². The Labute approximate surface area is 153 Å². The molecule has 2 aliphatic heterocycles. The Morgan fingerprint density at radius 1 is 1.31 bits per heavy atom. The number of para-hydroxylation sites is 1. The lowest BCUT2D eigenvalue weighted by Crippen LogP contribution is -2.42. The van der Waals surface area contributed by atoms with Crippen LogP contribution in [0.25, 0.3) is 0 Å². The number of nitrogens with zero attached hydrogens (tertiary/aromatic N) is 5. The largest absolute Gasteiger partial charge is 0.379 e. The van der Waals surface area contributed by atoms with Crippen LogP contribution in [-0.4, -0.2) is 65.2 Å². The van der Waals surface area contributed by atoms with Gasteiger partial charge in [0.15, 0.2) is 0 Å². The van der Waals surface area contributed by atoms with Gasteiger partial charge in [0.25, 0.3) is 0 Å².